The van der Waals surface area contributed by atoms with E-state index in [1.165, 1.54) is 10.8 Å². The van der Waals surface area contributed by atoms with Gasteiger partial charge in [0.2, 0.25) is 5.91 Å². The molecule has 0 radical (unpaired) electrons. The first-order valence-electron chi connectivity index (χ1n) is 9.66. The number of hydrogen-bond donors (Lipinski definition) is 3. The van der Waals surface area contributed by atoms with Gasteiger partial charge in [0.25, 0.3) is 11.5 Å². The minimum atomic E-state index is -0.616. The average molecular weight is 399 g/mol. The van der Waals surface area contributed by atoms with Gasteiger partial charge in [0.15, 0.2) is 0 Å². The Morgan fingerprint density at radius 2 is 1.90 bits per heavy atom. The molecule has 1 saturated carbocycles. The lowest BCUT2D eigenvalue weighted by Gasteiger charge is -2.30. The Bertz CT molecular complexity index is 1030. The molecule has 1 fully saturated rings. The van der Waals surface area contributed by atoms with Crippen molar-refractivity contribution in [2.24, 2.45) is 0 Å². The fourth-order valence-electron chi connectivity index (χ4n) is 3.54. The summed E-state index contributed by atoms with van der Waals surface area (Å²) in [5.41, 5.74) is 0.446. The number of nitrogens with one attached hydrogen (secondary N) is 3. The van der Waals surface area contributed by atoms with Gasteiger partial charge >= 0.3 is 5.69 Å². The molecule has 9 heteroatoms. The Kier molecular flexibility index (Phi) is 6.26. The molecule has 0 bridgehead atoms. The van der Waals surface area contributed by atoms with Crippen molar-refractivity contribution in [2.45, 2.75) is 58.2 Å². The van der Waals surface area contributed by atoms with E-state index in [2.05, 4.69) is 20.6 Å². The lowest BCUT2D eigenvalue weighted by molar-refractivity contribution is -0.122. The van der Waals surface area contributed by atoms with E-state index in [1.807, 2.05) is 13.0 Å². The molecule has 0 unspecified atom stereocenters. The van der Waals surface area contributed by atoms with Gasteiger partial charge in [-0.05, 0) is 51.7 Å². The summed E-state index contributed by atoms with van der Waals surface area (Å²) in [6.45, 7) is 3.24. The molecule has 2 aromatic rings. The van der Waals surface area contributed by atoms with Crippen LogP contribution in [0.1, 0.15) is 47.4 Å². The van der Waals surface area contributed by atoms with Crippen molar-refractivity contribution >= 4 is 11.8 Å². The highest BCUT2D eigenvalue weighted by molar-refractivity contribution is 5.92. The molecule has 2 aromatic heterocycles. The normalized spacial score (nSPS) is 18.8. The number of carbonyl (C=O) groups is 2. The molecular formula is C20H25N5O4. The standard InChI is InChI=1S/C20H25N5O4/c1-12-10-25(20(29)24-18(12)27)11-17(26)22-14-6-4-7-15(9-14)23-19(28)16-8-3-5-13(2)21-16/h3,5,8,10,14-15H,4,6-7,9,11H2,1-2H3,(H,22,26)(H,23,28)(H,24,27,29)/t14-,15-/m1/s1. The summed E-state index contributed by atoms with van der Waals surface area (Å²) in [5, 5.41) is 5.91. The number of aromatic amines is 1. The average Bonchev–Trinajstić information content (AvgIpc) is 2.66. The first kappa shape index (κ1) is 20.5. The smallest absolute Gasteiger partial charge is 0.328 e. The fraction of sp³-hybridized carbons (Fsp3) is 0.450. The minimum Gasteiger partial charge on any atom is -0.352 e. The Hall–Kier alpha value is -3.23. The maximum absolute atomic E-state index is 12.4. The van der Waals surface area contributed by atoms with Crippen LogP contribution in [0.4, 0.5) is 0 Å². The van der Waals surface area contributed by atoms with Crippen molar-refractivity contribution in [2.75, 3.05) is 0 Å². The van der Waals surface area contributed by atoms with Crippen LogP contribution in [-0.2, 0) is 11.3 Å². The number of carbonyl (C=O) groups excluding carboxylic acids is 2. The number of amides is 2. The number of rotatable bonds is 5. The summed E-state index contributed by atoms with van der Waals surface area (Å²) in [6.07, 6.45) is 4.50. The number of pyridine rings is 1. The lowest BCUT2D eigenvalue weighted by atomic mass is 9.91. The third-order valence-corrected chi connectivity index (χ3v) is 5.00. The number of aryl methyl sites for hydroxylation is 2. The highest BCUT2D eigenvalue weighted by Crippen LogP contribution is 2.19. The largest absolute Gasteiger partial charge is 0.352 e. The van der Waals surface area contributed by atoms with E-state index in [0.717, 1.165) is 25.0 Å². The van der Waals surface area contributed by atoms with Gasteiger partial charge in [-0.25, -0.2) is 9.78 Å². The fourth-order valence-corrected chi connectivity index (χ4v) is 3.54. The third-order valence-electron chi connectivity index (χ3n) is 5.00. The van der Waals surface area contributed by atoms with Crippen molar-refractivity contribution in [1.29, 1.82) is 0 Å². The first-order valence-corrected chi connectivity index (χ1v) is 9.66. The number of aromatic nitrogens is 3. The van der Waals surface area contributed by atoms with Crippen LogP contribution < -0.4 is 21.9 Å². The molecule has 3 N–H and O–H groups in total. The van der Waals surface area contributed by atoms with Crippen molar-refractivity contribution in [3.05, 3.63) is 62.2 Å². The second kappa shape index (κ2) is 8.85. The summed E-state index contributed by atoms with van der Waals surface area (Å²) in [7, 11) is 0. The predicted octanol–water partition coefficient (Wildman–Crippen LogP) is 0.406. The second-order valence-corrected chi connectivity index (χ2v) is 7.46. The van der Waals surface area contributed by atoms with Gasteiger partial charge in [-0.2, -0.15) is 0 Å². The molecule has 2 amide bonds. The number of H-pyrrole nitrogens is 1. The van der Waals surface area contributed by atoms with Crippen LogP contribution in [0, 0.1) is 13.8 Å². The number of nitrogens with zero attached hydrogens (tertiary/aromatic N) is 2. The monoisotopic (exact) mass is 399 g/mol. The summed E-state index contributed by atoms with van der Waals surface area (Å²) in [6, 6.07) is 5.15. The summed E-state index contributed by atoms with van der Waals surface area (Å²) in [4.78, 5) is 54.4. The first-order chi connectivity index (χ1) is 13.8. The molecule has 2 heterocycles. The minimum absolute atomic E-state index is 0.0538. The Morgan fingerprint density at radius 1 is 1.17 bits per heavy atom. The van der Waals surface area contributed by atoms with Crippen molar-refractivity contribution in [1.82, 2.24) is 25.2 Å². The SMILES string of the molecule is Cc1cccc(C(=O)N[C@@H]2CCC[C@@H](NC(=O)Cn3cc(C)c(=O)[nH]c3=O)C2)n1. The van der Waals surface area contributed by atoms with Gasteiger partial charge in [0, 0.05) is 29.5 Å². The van der Waals surface area contributed by atoms with Gasteiger partial charge in [0.05, 0.1) is 0 Å². The maximum atomic E-state index is 12.4. The van der Waals surface area contributed by atoms with Gasteiger partial charge in [-0.1, -0.05) is 6.07 Å². The summed E-state index contributed by atoms with van der Waals surface area (Å²) >= 11 is 0. The van der Waals surface area contributed by atoms with Crippen molar-refractivity contribution in [3.63, 3.8) is 0 Å². The van der Waals surface area contributed by atoms with Gasteiger partial charge in [-0.3, -0.25) is 23.9 Å². The van der Waals surface area contributed by atoms with Crippen molar-refractivity contribution < 1.29 is 9.59 Å². The van der Waals surface area contributed by atoms with Gasteiger partial charge in [0.1, 0.15) is 12.2 Å². The predicted molar refractivity (Wildman–Crippen MR) is 107 cm³/mol. The zero-order valence-electron chi connectivity index (χ0n) is 16.5. The van der Waals surface area contributed by atoms with E-state index in [4.69, 9.17) is 0 Å². The Labute approximate surface area is 167 Å². The zero-order chi connectivity index (χ0) is 21.0. The van der Waals surface area contributed by atoms with Crippen LogP contribution in [-0.4, -0.2) is 38.4 Å². The van der Waals surface area contributed by atoms with Crippen LogP contribution >= 0.6 is 0 Å². The molecule has 29 heavy (non-hydrogen) atoms. The highest BCUT2D eigenvalue weighted by Gasteiger charge is 2.25. The summed E-state index contributed by atoms with van der Waals surface area (Å²) in [5.74, 6) is -0.531. The van der Waals surface area contributed by atoms with E-state index in [9.17, 15) is 19.2 Å². The maximum Gasteiger partial charge on any atom is 0.328 e. The van der Waals surface area contributed by atoms with Gasteiger partial charge < -0.3 is 10.6 Å². The van der Waals surface area contributed by atoms with Crippen LogP contribution in [0.15, 0.2) is 34.0 Å². The number of hydrogen-bond acceptors (Lipinski definition) is 5. The lowest BCUT2D eigenvalue weighted by Crippen LogP contribution is -2.47. The van der Waals surface area contributed by atoms with Crippen molar-refractivity contribution in [3.8, 4) is 0 Å². The molecule has 1 aliphatic carbocycles. The molecule has 2 atom stereocenters. The van der Waals surface area contributed by atoms with Crippen LogP contribution in [0.5, 0.6) is 0 Å². The van der Waals surface area contributed by atoms with Crippen LogP contribution in [0.3, 0.4) is 0 Å². The molecule has 3 rings (SSSR count). The molecule has 0 spiro atoms. The third kappa shape index (κ3) is 5.40. The highest BCUT2D eigenvalue weighted by atomic mass is 16.2. The van der Waals surface area contributed by atoms with Gasteiger partial charge in [-0.15, -0.1) is 0 Å². The Balaban J connectivity index is 1.56. The van der Waals surface area contributed by atoms with Crippen LogP contribution in [0.25, 0.3) is 0 Å². The molecule has 1 aliphatic rings. The molecule has 0 aliphatic heterocycles. The molecular weight excluding hydrogens is 374 g/mol. The molecule has 0 aromatic carbocycles. The second-order valence-electron chi connectivity index (χ2n) is 7.46. The summed E-state index contributed by atoms with van der Waals surface area (Å²) < 4.78 is 1.18. The van der Waals surface area contributed by atoms with E-state index in [1.54, 1.807) is 19.1 Å². The van der Waals surface area contributed by atoms with E-state index < -0.39 is 11.2 Å². The zero-order valence-corrected chi connectivity index (χ0v) is 16.5. The Morgan fingerprint density at radius 3 is 2.62 bits per heavy atom. The molecule has 154 valence electrons. The van der Waals surface area contributed by atoms with Crippen LogP contribution in [0.2, 0.25) is 0 Å². The molecule has 9 nitrogen and oxygen atoms in total. The van der Waals surface area contributed by atoms with E-state index >= 15 is 0 Å². The van der Waals surface area contributed by atoms with E-state index in [0.29, 0.717) is 17.7 Å². The quantitative estimate of drug-likeness (QED) is 0.671. The molecule has 0 saturated heterocycles. The topological polar surface area (TPSA) is 126 Å². The van der Waals surface area contributed by atoms with E-state index in [-0.39, 0.29) is 30.4 Å².